The summed E-state index contributed by atoms with van der Waals surface area (Å²) in [6, 6.07) is 15.2. The Morgan fingerprint density at radius 2 is 2.00 bits per heavy atom. The van der Waals surface area contributed by atoms with Crippen molar-refractivity contribution in [1.29, 1.82) is 0 Å². The largest absolute Gasteiger partial charge is 0.496 e. The summed E-state index contributed by atoms with van der Waals surface area (Å²) in [5.41, 5.74) is 4.00. The lowest BCUT2D eigenvalue weighted by atomic mass is 9.98. The van der Waals surface area contributed by atoms with Gasteiger partial charge < -0.3 is 9.64 Å². The number of carbonyl (C=O) groups is 1. The Morgan fingerprint density at radius 1 is 1.18 bits per heavy atom. The van der Waals surface area contributed by atoms with Gasteiger partial charge >= 0.3 is 0 Å². The highest BCUT2D eigenvalue weighted by Crippen LogP contribution is 2.27. The molecule has 0 unspecified atom stereocenters. The maximum atomic E-state index is 12.8. The first-order chi connectivity index (χ1) is 13.6. The summed E-state index contributed by atoms with van der Waals surface area (Å²) in [5.74, 6) is 1.10. The molecule has 0 aromatic heterocycles. The van der Waals surface area contributed by atoms with E-state index >= 15 is 0 Å². The Morgan fingerprint density at radius 3 is 2.82 bits per heavy atom. The Balaban J connectivity index is 1.32. The SMILES string of the molecule is COc1ccc(Br)cc1CCC(=O)N1CC[C@@H](N2CCc3ccccc3C2)C1. The predicted molar refractivity (Wildman–Crippen MR) is 115 cm³/mol. The van der Waals surface area contributed by atoms with Crippen LogP contribution in [0.15, 0.2) is 46.9 Å². The monoisotopic (exact) mass is 442 g/mol. The lowest BCUT2D eigenvalue weighted by molar-refractivity contribution is -0.130. The Hall–Kier alpha value is -1.85. The average Bonchev–Trinajstić information content (AvgIpc) is 3.22. The minimum absolute atomic E-state index is 0.252. The number of benzene rings is 2. The smallest absolute Gasteiger partial charge is 0.222 e. The first-order valence-corrected chi connectivity index (χ1v) is 10.8. The van der Waals surface area contributed by atoms with Gasteiger partial charge in [0.2, 0.25) is 5.91 Å². The Labute approximate surface area is 175 Å². The fourth-order valence-electron chi connectivity index (χ4n) is 4.44. The second-order valence-corrected chi connectivity index (χ2v) is 8.64. The van der Waals surface area contributed by atoms with Gasteiger partial charge in [0.25, 0.3) is 0 Å². The van der Waals surface area contributed by atoms with Crippen LogP contribution in [0.2, 0.25) is 0 Å². The van der Waals surface area contributed by atoms with Crippen molar-refractivity contribution in [3.8, 4) is 5.75 Å². The molecule has 1 fully saturated rings. The van der Waals surface area contributed by atoms with Crippen LogP contribution < -0.4 is 4.74 Å². The number of aryl methyl sites for hydroxylation is 1. The highest BCUT2D eigenvalue weighted by molar-refractivity contribution is 9.10. The van der Waals surface area contributed by atoms with E-state index in [2.05, 4.69) is 50.0 Å². The van der Waals surface area contributed by atoms with Gasteiger partial charge in [0.05, 0.1) is 7.11 Å². The Bertz CT molecular complexity index is 854. The fraction of sp³-hybridized carbons (Fsp3) is 0.435. The van der Waals surface area contributed by atoms with E-state index in [9.17, 15) is 4.79 Å². The van der Waals surface area contributed by atoms with Crippen LogP contribution in [0.5, 0.6) is 5.75 Å². The summed E-state index contributed by atoms with van der Waals surface area (Å²) in [5, 5.41) is 0. The van der Waals surface area contributed by atoms with Crippen LogP contribution in [-0.2, 0) is 24.2 Å². The summed E-state index contributed by atoms with van der Waals surface area (Å²) >= 11 is 3.51. The van der Waals surface area contributed by atoms with Crippen LogP contribution in [0.25, 0.3) is 0 Å². The van der Waals surface area contributed by atoms with Gasteiger partial charge in [-0.05, 0) is 54.2 Å². The van der Waals surface area contributed by atoms with Crippen molar-refractivity contribution in [2.75, 3.05) is 26.7 Å². The molecule has 28 heavy (non-hydrogen) atoms. The van der Waals surface area contributed by atoms with Crippen LogP contribution in [0.4, 0.5) is 0 Å². The second kappa shape index (κ2) is 8.66. The van der Waals surface area contributed by atoms with Gasteiger partial charge in [0.15, 0.2) is 0 Å². The zero-order valence-electron chi connectivity index (χ0n) is 16.4. The molecule has 4 nitrogen and oxygen atoms in total. The molecule has 2 aromatic carbocycles. The summed E-state index contributed by atoms with van der Waals surface area (Å²) in [7, 11) is 1.68. The standard InChI is InChI=1S/C23H27BrN2O2/c1-28-22-8-7-20(24)14-18(22)6-9-23(27)26-13-11-21(16-26)25-12-10-17-4-2-3-5-19(17)15-25/h2-5,7-8,14,21H,6,9-13,15-16H2,1H3/t21-/m1/s1. The van der Waals surface area contributed by atoms with E-state index in [0.29, 0.717) is 18.9 Å². The molecule has 1 atom stereocenters. The number of fused-ring (bicyclic) bond motifs is 1. The molecule has 1 amide bonds. The maximum Gasteiger partial charge on any atom is 0.222 e. The number of halogens is 1. The molecule has 2 aliphatic rings. The first kappa shape index (κ1) is 19.5. The average molecular weight is 443 g/mol. The number of hydrogen-bond donors (Lipinski definition) is 0. The normalized spacial score (nSPS) is 19.5. The molecular weight excluding hydrogens is 416 g/mol. The summed E-state index contributed by atoms with van der Waals surface area (Å²) in [6.45, 7) is 3.84. The van der Waals surface area contributed by atoms with Crippen molar-refractivity contribution in [3.63, 3.8) is 0 Å². The summed E-state index contributed by atoms with van der Waals surface area (Å²) in [6.07, 6.45) is 3.43. The number of likely N-dealkylation sites (tertiary alicyclic amines) is 1. The number of carbonyl (C=O) groups excluding carboxylic acids is 1. The van der Waals surface area contributed by atoms with Gasteiger partial charge in [-0.3, -0.25) is 9.69 Å². The molecule has 0 spiro atoms. The quantitative estimate of drug-likeness (QED) is 0.699. The van der Waals surface area contributed by atoms with Crippen molar-refractivity contribution in [1.82, 2.24) is 9.80 Å². The van der Waals surface area contributed by atoms with Crippen molar-refractivity contribution in [2.24, 2.45) is 0 Å². The minimum atomic E-state index is 0.252. The molecular formula is C23H27BrN2O2. The summed E-state index contributed by atoms with van der Waals surface area (Å²) < 4.78 is 6.45. The molecule has 5 heteroatoms. The lowest BCUT2D eigenvalue weighted by Gasteiger charge is -2.33. The van der Waals surface area contributed by atoms with Crippen molar-refractivity contribution >= 4 is 21.8 Å². The van der Waals surface area contributed by atoms with Gasteiger partial charge in [-0.25, -0.2) is 0 Å². The molecule has 1 saturated heterocycles. The molecule has 2 aromatic rings. The molecule has 2 aliphatic heterocycles. The predicted octanol–water partition coefficient (Wildman–Crippen LogP) is 4.05. The van der Waals surface area contributed by atoms with E-state index in [0.717, 1.165) is 54.8 Å². The van der Waals surface area contributed by atoms with Crippen LogP contribution in [0.3, 0.4) is 0 Å². The number of methoxy groups -OCH3 is 1. The van der Waals surface area contributed by atoms with Crippen molar-refractivity contribution in [3.05, 3.63) is 63.6 Å². The topological polar surface area (TPSA) is 32.8 Å². The molecule has 148 valence electrons. The molecule has 4 rings (SSSR count). The molecule has 0 radical (unpaired) electrons. The fourth-order valence-corrected chi connectivity index (χ4v) is 4.85. The number of ether oxygens (including phenoxy) is 1. The number of amides is 1. The van der Waals surface area contributed by atoms with Crippen molar-refractivity contribution in [2.45, 2.75) is 38.3 Å². The molecule has 2 heterocycles. The zero-order valence-corrected chi connectivity index (χ0v) is 18.0. The van der Waals surface area contributed by atoms with Crippen LogP contribution in [0, 0.1) is 0 Å². The number of hydrogen-bond acceptors (Lipinski definition) is 3. The third-order valence-corrected chi connectivity index (χ3v) is 6.54. The summed E-state index contributed by atoms with van der Waals surface area (Å²) in [4.78, 5) is 17.4. The van der Waals surface area contributed by atoms with E-state index in [1.807, 2.05) is 18.2 Å². The molecule has 0 bridgehead atoms. The highest BCUT2D eigenvalue weighted by atomic mass is 79.9. The van der Waals surface area contributed by atoms with E-state index in [1.54, 1.807) is 7.11 Å². The third kappa shape index (κ3) is 4.26. The van der Waals surface area contributed by atoms with Crippen LogP contribution in [-0.4, -0.2) is 48.5 Å². The zero-order chi connectivity index (χ0) is 19.5. The maximum absolute atomic E-state index is 12.8. The lowest BCUT2D eigenvalue weighted by Crippen LogP contribution is -2.41. The molecule has 0 N–H and O–H groups in total. The van der Waals surface area contributed by atoms with Gasteiger partial charge in [0.1, 0.15) is 5.75 Å². The highest BCUT2D eigenvalue weighted by Gasteiger charge is 2.31. The van der Waals surface area contributed by atoms with E-state index < -0.39 is 0 Å². The third-order valence-electron chi connectivity index (χ3n) is 6.04. The second-order valence-electron chi connectivity index (χ2n) is 7.73. The van der Waals surface area contributed by atoms with Crippen LogP contribution in [0.1, 0.15) is 29.5 Å². The van der Waals surface area contributed by atoms with E-state index in [4.69, 9.17) is 4.74 Å². The molecule has 0 saturated carbocycles. The van der Waals surface area contributed by atoms with Gasteiger partial charge in [-0.1, -0.05) is 40.2 Å². The van der Waals surface area contributed by atoms with Crippen LogP contribution >= 0.6 is 15.9 Å². The van der Waals surface area contributed by atoms with Gasteiger partial charge in [-0.15, -0.1) is 0 Å². The van der Waals surface area contributed by atoms with E-state index in [1.165, 1.54) is 11.1 Å². The van der Waals surface area contributed by atoms with Gasteiger partial charge in [0, 0.05) is 43.1 Å². The van der Waals surface area contributed by atoms with Crippen molar-refractivity contribution < 1.29 is 9.53 Å². The first-order valence-electron chi connectivity index (χ1n) is 10.0. The molecule has 0 aliphatic carbocycles. The minimum Gasteiger partial charge on any atom is -0.496 e. The Kier molecular flexibility index (Phi) is 6.02. The number of nitrogens with zero attached hydrogens (tertiary/aromatic N) is 2. The van der Waals surface area contributed by atoms with Gasteiger partial charge in [-0.2, -0.15) is 0 Å². The van der Waals surface area contributed by atoms with E-state index in [-0.39, 0.29) is 5.91 Å². The number of rotatable bonds is 5.